The first-order valence-corrected chi connectivity index (χ1v) is 11.5. The summed E-state index contributed by atoms with van der Waals surface area (Å²) in [5.41, 5.74) is 0.269. The van der Waals surface area contributed by atoms with Gasteiger partial charge in [0.15, 0.2) is 11.5 Å². The molecule has 0 heterocycles. The van der Waals surface area contributed by atoms with Gasteiger partial charge < -0.3 is 14.2 Å². The lowest BCUT2D eigenvalue weighted by Gasteiger charge is -2.11. The predicted octanol–water partition coefficient (Wildman–Crippen LogP) is 4.57. The maximum absolute atomic E-state index is 12.6. The van der Waals surface area contributed by atoms with Gasteiger partial charge in [-0.3, -0.25) is 14.9 Å². The molecular weight excluding hydrogens is 498 g/mol. The number of nitrogens with zero attached hydrogens (tertiary/aromatic N) is 2. The number of methoxy groups -OCH3 is 1. The number of carbonyl (C=O) groups is 1. The van der Waals surface area contributed by atoms with Crippen molar-refractivity contribution < 1.29 is 27.1 Å². The zero-order chi connectivity index (χ0) is 25.6. The molecule has 3 rings (SSSR count). The van der Waals surface area contributed by atoms with E-state index in [0.717, 1.165) is 24.3 Å². The molecule has 0 bridgehead atoms. The van der Waals surface area contributed by atoms with Crippen LogP contribution in [0.25, 0.3) is 6.08 Å². The first-order chi connectivity index (χ1) is 16.6. The Morgan fingerprint density at radius 3 is 2.43 bits per heavy atom. The van der Waals surface area contributed by atoms with E-state index in [-0.39, 0.29) is 27.7 Å². The Hall–Kier alpha value is -4.40. The van der Waals surface area contributed by atoms with Crippen molar-refractivity contribution in [1.82, 2.24) is 0 Å². The zero-order valence-electron chi connectivity index (χ0n) is 18.0. The minimum absolute atomic E-state index is 0.0109. The van der Waals surface area contributed by atoms with Crippen molar-refractivity contribution in [2.24, 2.45) is 0 Å². The van der Waals surface area contributed by atoms with Crippen molar-refractivity contribution in [1.29, 1.82) is 5.26 Å². The minimum atomic E-state index is -4.33. The molecule has 3 aromatic rings. The molecule has 3 aromatic carbocycles. The summed E-state index contributed by atoms with van der Waals surface area (Å²) in [5, 5.41) is 23.2. The van der Waals surface area contributed by atoms with Crippen LogP contribution in [0.3, 0.4) is 0 Å². The summed E-state index contributed by atoms with van der Waals surface area (Å²) in [6, 6.07) is 16.5. The number of non-ortho nitro benzene ring substituents is 1. The number of rotatable bonds is 8. The second-order valence-electron chi connectivity index (χ2n) is 6.83. The van der Waals surface area contributed by atoms with Crippen molar-refractivity contribution in [3.63, 3.8) is 0 Å². The molecule has 178 valence electrons. The Morgan fingerprint density at radius 2 is 1.83 bits per heavy atom. The fourth-order valence-electron chi connectivity index (χ4n) is 2.82. The van der Waals surface area contributed by atoms with Crippen molar-refractivity contribution in [3.05, 3.63) is 93.0 Å². The Balaban J connectivity index is 1.83. The van der Waals surface area contributed by atoms with Crippen LogP contribution in [0.15, 0.2) is 77.2 Å². The van der Waals surface area contributed by atoms with Gasteiger partial charge in [-0.1, -0.05) is 23.7 Å². The summed E-state index contributed by atoms with van der Waals surface area (Å²) in [6.07, 6.45) is 1.29. The van der Waals surface area contributed by atoms with Crippen molar-refractivity contribution in [2.75, 3.05) is 12.4 Å². The van der Waals surface area contributed by atoms with Gasteiger partial charge in [0.1, 0.15) is 16.5 Å². The number of nitrogens with one attached hydrogen (secondary N) is 1. The van der Waals surface area contributed by atoms with Crippen molar-refractivity contribution in [2.45, 2.75) is 4.90 Å². The van der Waals surface area contributed by atoms with Crippen LogP contribution in [0.2, 0.25) is 5.02 Å². The van der Waals surface area contributed by atoms with Gasteiger partial charge >= 0.3 is 10.1 Å². The number of halogens is 1. The Morgan fingerprint density at radius 1 is 1.11 bits per heavy atom. The summed E-state index contributed by atoms with van der Waals surface area (Å²) in [5.74, 6) is -0.823. The summed E-state index contributed by atoms with van der Waals surface area (Å²) < 4.78 is 35.5. The maximum Gasteiger partial charge on any atom is 0.339 e. The topological polar surface area (TPSA) is 149 Å². The highest BCUT2D eigenvalue weighted by Gasteiger charge is 2.21. The summed E-state index contributed by atoms with van der Waals surface area (Å²) in [6.45, 7) is 0. The Bertz CT molecular complexity index is 1460. The molecule has 10 nitrogen and oxygen atoms in total. The second-order valence-corrected chi connectivity index (χ2v) is 8.82. The molecule has 0 saturated carbocycles. The third kappa shape index (κ3) is 6.35. The number of amides is 1. The lowest BCUT2D eigenvalue weighted by atomic mass is 10.1. The molecule has 0 radical (unpaired) electrons. The van der Waals surface area contributed by atoms with Crippen LogP contribution in [-0.2, 0) is 14.9 Å². The lowest BCUT2D eigenvalue weighted by molar-refractivity contribution is -0.384. The summed E-state index contributed by atoms with van der Waals surface area (Å²) in [4.78, 5) is 22.3. The molecule has 1 N–H and O–H groups in total. The summed E-state index contributed by atoms with van der Waals surface area (Å²) in [7, 11) is -3.04. The van der Waals surface area contributed by atoms with Crippen LogP contribution >= 0.6 is 11.6 Å². The molecular formula is C23H16ClN3O7S. The van der Waals surface area contributed by atoms with Crippen LogP contribution in [0, 0.1) is 21.4 Å². The number of benzene rings is 3. The molecule has 0 aliphatic rings. The third-order valence-electron chi connectivity index (χ3n) is 4.48. The highest BCUT2D eigenvalue weighted by atomic mass is 35.5. The van der Waals surface area contributed by atoms with Gasteiger partial charge in [0, 0.05) is 22.8 Å². The Kier molecular flexibility index (Phi) is 7.70. The molecule has 0 aromatic heterocycles. The average Bonchev–Trinajstić information content (AvgIpc) is 2.83. The Labute approximate surface area is 205 Å². The first kappa shape index (κ1) is 25.2. The van der Waals surface area contributed by atoms with E-state index in [4.69, 9.17) is 20.5 Å². The monoisotopic (exact) mass is 513 g/mol. The molecule has 0 atom stereocenters. The number of ether oxygens (including phenoxy) is 1. The van der Waals surface area contributed by atoms with Crippen LogP contribution in [0.5, 0.6) is 11.5 Å². The number of hydrogen-bond acceptors (Lipinski definition) is 8. The molecule has 0 unspecified atom stereocenters. The SMILES string of the molecule is COc1cc(/C=C(\C#N)C(=O)Nc2cccc(Cl)c2)ccc1OS(=O)(=O)c1ccc([N+](=O)[O-])cc1. The second kappa shape index (κ2) is 10.7. The smallest absolute Gasteiger partial charge is 0.339 e. The van der Waals surface area contributed by atoms with Crippen molar-refractivity contribution >= 4 is 45.1 Å². The predicted molar refractivity (Wildman–Crippen MR) is 128 cm³/mol. The number of anilines is 1. The zero-order valence-corrected chi connectivity index (χ0v) is 19.5. The number of nitro groups is 1. The largest absolute Gasteiger partial charge is 0.493 e. The van der Waals surface area contributed by atoms with Gasteiger partial charge in [-0.05, 0) is 54.1 Å². The van der Waals surface area contributed by atoms with E-state index in [9.17, 15) is 28.6 Å². The van der Waals surface area contributed by atoms with Crippen LogP contribution < -0.4 is 14.2 Å². The molecule has 35 heavy (non-hydrogen) atoms. The van der Waals surface area contributed by atoms with Gasteiger partial charge in [0.25, 0.3) is 11.6 Å². The van der Waals surface area contributed by atoms with Gasteiger partial charge in [0.2, 0.25) is 0 Å². The first-order valence-electron chi connectivity index (χ1n) is 9.68. The van der Waals surface area contributed by atoms with Gasteiger partial charge in [0.05, 0.1) is 12.0 Å². The van der Waals surface area contributed by atoms with E-state index in [2.05, 4.69) is 5.32 Å². The maximum atomic E-state index is 12.6. The molecule has 0 aliphatic heterocycles. The summed E-state index contributed by atoms with van der Waals surface area (Å²) >= 11 is 5.90. The number of hydrogen-bond donors (Lipinski definition) is 1. The van der Waals surface area contributed by atoms with Crippen LogP contribution in [0.1, 0.15) is 5.56 Å². The van der Waals surface area contributed by atoms with E-state index < -0.39 is 20.9 Å². The minimum Gasteiger partial charge on any atom is -0.493 e. The highest BCUT2D eigenvalue weighted by Crippen LogP contribution is 2.32. The highest BCUT2D eigenvalue weighted by molar-refractivity contribution is 7.87. The van der Waals surface area contributed by atoms with E-state index >= 15 is 0 Å². The number of nitriles is 1. The number of nitro benzene ring substituents is 1. The molecule has 0 saturated heterocycles. The van der Waals surface area contributed by atoms with Gasteiger partial charge in [-0.25, -0.2) is 0 Å². The quantitative estimate of drug-likeness (QED) is 0.151. The van der Waals surface area contributed by atoms with Gasteiger partial charge in [-0.2, -0.15) is 13.7 Å². The fraction of sp³-hybridized carbons (Fsp3) is 0.0435. The van der Waals surface area contributed by atoms with E-state index in [1.165, 1.54) is 37.5 Å². The van der Waals surface area contributed by atoms with E-state index in [0.29, 0.717) is 16.3 Å². The average molecular weight is 514 g/mol. The molecule has 0 spiro atoms. The molecule has 1 amide bonds. The molecule has 0 aliphatic carbocycles. The van der Waals surface area contributed by atoms with Crippen LogP contribution in [-0.4, -0.2) is 26.4 Å². The van der Waals surface area contributed by atoms with Crippen LogP contribution in [0.4, 0.5) is 11.4 Å². The van der Waals surface area contributed by atoms with E-state index in [1.54, 1.807) is 18.2 Å². The fourth-order valence-corrected chi connectivity index (χ4v) is 3.95. The van der Waals surface area contributed by atoms with Crippen molar-refractivity contribution in [3.8, 4) is 17.6 Å². The lowest BCUT2D eigenvalue weighted by Crippen LogP contribution is -2.13. The number of carbonyl (C=O) groups excluding carboxylic acids is 1. The molecule has 12 heteroatoms. The molecule has 0 fully saturated rings. The van der Waals surface area contributed by atoms with E-state index in [1.807, 2.05) is 6.07 Å². The third-order valence-corrected chi connectivity index (χ3v) is 5.97. The standard InChI is InChI=1S/C23H16ClN3O7S/c1-33-22-12-15(11-16(14-25)23(28)26-18-4-2-3-17(24)13-18)5-10-21(22)34-35(31,32)20-8-6-19(7-9-20)27(29)30/h2-13H,1H3,(H,26,28)/b16-11+. The van der Waals surface area contributed by atoms with Gasteiger partial charge in [-0.15, -0.1) is 0 Å². The normalized spacial score (nSPS) is 11.3.